The third-order valence-corrected chi connectivity index (χ3v) is 6.60. The summed E-state index contributed by atoms with van der Waals surface area (Å²) in [5, 5.41) is 0.814. The molecule has 1 aromatic rings. The highest BCUT2D eigenvalue weighted by Crippen LogP contribution is 2.27. The van der Waals surface area contributed by atoms with Crippen LogP contribution in [0.1, 0.15) is 29.3 Å². The molecule has 1 aliphatic heterocycles. The maximum absolute atomic E-state index is 12.2. The molecule has 0 spiro atoms. The number of sulfone groups is 2. The number of carbonyl (C=O) groups excluding carboxylic acids is 1. The first kappa shape index (κ1) is 16.7. The number of carbonyl (C=O) groups is 1. The second-order valence-corrected chi connectivity index (χ2v) is 8.87. The Hall–Kier alpha value is -1.67. The molecular weight excluding hydrogens is 328 g/mol. The normalized spacial score (nSPS) is 19.8. The molecule has 0 N–H and O–H groups in total. The van der Waals surface area contributed by atoms with Crippen molar-refractivity contribution in [2.75, 3.05) is 18.1 Å². The molecule has 0 unspecified atom stereocenters. The molecule has 0 atom stereocenters. The zero-order valence-corrected chi connectivity index (χ0v) is 13.6. The van der Waals surface area contributed by atoms with E-state index in [1.54, 1.807) is 6.92 Å². The summed E-state index contributed by atoms with van der Waals surface area (Å²) in [6.45, 7) is 1.92. The summed E-state index contributed by atoms with van der Waals surface area (Å²) < 4.78 is 52.8. The van der Waals surface area contributed by atoms with E-state index in [1.165, 1.54) is 24.3 Å². The summed E-state index contributed by atoms with van der Waals surface area (Å²) in [6, 6.07) is 5.66. The lowest BCUT2D eigenvalue weighted by Gasteiger charge is -2.07. The topological polar surface area (TPSA) is 94.6 Å². The highest BCUT2D eigenvalue weighted by molar-refractivity contribution is 8.03. The molecule has 0 saturated carbocycles. The number of hydrogen-bond acceptors (Lipinski definition) is 6. The summed E-state index contributed by atoms with van der Waals surface area (Å²) in [5.41, 5.74) is 0.526. The Balaban J connectivity index is 2.45. The van der Waals surface area contributed by atoms with Gasteiger partial charge in [-0.15, -0.1) is 0 Å². The van der Waals surface area contributed by atoms with Crippen LogP contribution in [-0.4, -0.2) is 40.9 Å². The minimum absolute atomic E-state index is 0.0750. The van der Waals surface area contributed by atoms with E-state index in [1.807, 2.05) is 0 Å². The molecule has 0 bridgehead atoms. The predicted octanol–water partition coefficient (Wildman–Crippen LogP) is 1.40. The van der Waals surface area contributed by atoms with Gasteiger partial charge in [0.1, 0.15) is 0 Å². The minimum atomic E-state index is -3.66. The first-order chi connectivity index (χ1) is 10.2. The van der Waals surface area contributed by atoms with E-state index in [2.05, 4.69) is 0 Å². The van der Waals surface area contributed by atoms with Crippen LogP contribution in [0.3, 0.4) is 0 Å². The highest BCUT2D eigenvalue weighted by atomic mass is 32.2. The van der Waals surface area contributed by atoms with Gasteiger partial charge in [0, 0.05) is 5.41 Å². The first-order valence-corrected chi connectivity index (χ1v) is 10.1. The van der Waals surface area contributed by atoms with Crippen molar-refractivity contribution in [2.24, 2.45) is 0 Å². The molecule has 0 aliphatic carbocycles. The van der Waals surface area contributed by atoms with Gasteiger partial charge in [0.25, 0.3) is 0 Å². The lowest BCUT2D eigenvalue weighted by atomic mass is 10.1. The maximum Gasteiger partial charge on any atom is 0.338 e. The quantitative estimate of drug-likeness (QED) is 0.769. The fraction of sp³-hybridized carbons (Fsp3) is 0.357. The summed E-state index contributed by atoms with van der Waals surface area (Å²) in [4.78, 5) is 11.3. The van der Waals surface area contributed by atoms with Crippen LogP contribution < -0.4 is 0 Å². The SMILES string of the molecule is CCOC(=O)c1ccc(C2=CS(=O)(=O)CCCS2(=O)=O)cc1. The Morgan fingerprint density at radius 1 is 1.09 bits per heavy atom. The van der Waals surface area contributed by atoms with Gasteiger partial charge in [0.15, 0.2) is 19.7 Å². The highest BCUT2D eigenvalue weighted by Gasteiger charge is 2.27. The predicted molar refractivity (Wildman–Crippen MR) is 82.6 cm³/mol. The van der Waals surface area contributed by atoms with Crippen molar-refractivity contribution in [2.45, 2.75) is 13.3 Å². The number of rotatable bonds is 3. The van der Waals surface area contributed by atoms with Crippen molar-refractivity contribution in [3.63, 3.8) is 0 Å². The molecule has 6 nitrogen and oxygen atoms in total. The molecular formula is C14H16O6S2. The van der Waals surface area contributed by atoms with E-state index in [0.717, 1.165) is 5.41 Å². The zero-order valence-electron chi connectivity index (χ0n) is 12.0. The summed E-state index contributed by atoms with van der Waals surface area (Å²) in [6.07, 6.45) is 0.0750. The van der Waals surface area contributed by atoms with Gasteiger partial charge in [-0.05, 0) is 31.0 Å². The lowest BCUT2D eigenvalue weighted by Crippen LogP contribution is -2.08. The summed E-state index contributed by atoms with van der Waals surface area (Å²) >= 11 is 0. The molecule has 0 radical (unpaired) electrons. The van der Waals surface area contributed by atoms with E-state index < -0.39 is 25.6 Å². The Bertz CT molecular complexity index is 801. The largest absolute Gasteiger partial charge is 0.462 e. The first-order valence-electron chi connectivity index (χ1n) is 6.70. The van der Waals surface area contributed by atoms with Gasteiger partial charge >= 0.3 is 5.97 Å². The molecule has 0 saturated heterocycles. The van der Waals surface area contributed by atoms with Crippen LogP contribution in [0.4, 0.5) is 0 Å². The summed E-state index contributed by atoms with van der Waals surface area (Å²) in [5.74, 6) is -0.909. The van der Waals surface area contributed by atoms with Gasteiger partial charge in [-0.25, -0.2) is 21.6 Å². The van der Waals surface area contributed by atoms with Gasteiger partial charge < -0.3 is 4.74 Å². The van der Waals surface area contributed by atoms with Crippen LogP contribution in [0.2, 0.25) is 0 Å². The summed E-state index contributed by atoms with van der Waals surface area (Å²) in [7, 11) is -7.22. The Labute approximate surface area is 129 Å². The van der Waals surface area contributed by atoms with Gasteiger partial charge in [-0.1, -0.05) is 12.1 Å². The molecule has 22 heavy (non-hydrogen) atoms. The van der Waals surface area contributed by atoms with Gasteiger partial charge in [-0.3, -0.25) is 0 Å². The van der Waals surface area contributed by atoms with Crippen molar-refractivity contribution in [1.82, 2.24) is 0 Å². The standard InChI is InChI=1S/C14H16O6S2/c1-2-20-14(15)12-6-4-11(5-7-12)13-10-21(16,17)8-3-9-22(13,18)19/h4-7,10H,2-3,8-9H2,1H3. The number of ether oxygens (including phenoxy) is 1. The van der Waals surface area contributed by atoms with Crippen molar-refractivity contribution in [3.8, 4) is 0 Å². The Kier molecular flexibility index (Phi) is 4.72. The maximum atomic E-state index is 12.2. The monoisotopic (exact) mass is 344 g/mol. The minimum Gasteiger partial charge on any atom is -0.462 e. The van der Waals surface area contributed by atoms with E-state index in [4.69, 9.17) is 4.74 Å². The molecule has 8 heteroatoms. The average molecular weight is 344 g/mol. The lowest BCUT2D eigenvalue weighted by molar-refractivity contribution is 0.0526. The van der Waals surface area contributed by atoms with E-state index in [0.29, 0.717) is 0 Å². The molecule has 1 aromatic carbocycles. The molecule has 120 valence electrons. The van der Waals surface area contributed by atoms with Crippen LogP contribution in [-0.2, 0) is 24.4 Å². The smallest absolute Gasteiger partial charge is 0.338 e. The van der Waals surface area contributed by atoms with Crippen LogP contribution in [0.15, 0.2) is 29.7 Å². The number of hydrogen-bond donors (Lipinski definition) is 0. The van der Waals surface area contributed by atoms with Gasteiger partial charge in [-0.2, -0.15) is 0 Å². The molecule has 1 heterocycles. The van der Waals surface area contributed by atoms with Crippen molar-refractivity contribution in [1.29, 1.82) is 0 Å². The Morgan fingerprint density at radius 2 is 1.73 bits per heavy atom. The second-order valence-electron chi connectivity index (χ2n) is 4.82. The van der Waals surface area contributed by atoms with Crippen LogP contribution in [0.5, 0.6) is 0 Å². The molecule has 0 aromatic heterocycles. The van der Waals surface area contributed by atoms with Crippen molar-refractivity contribution < 1.29 is 26.4 Å². The van der Waals surface area contributed by atoms with E-state index >= 15 is 0 Å². The number of esters is 1. The zero-order chi connectivity index (χ0) is 16.4. The fourth-order valence-electron chi connectivity index (χ4n) is 2.09. The third-order valence-electron chi connectivity index (χ3n) is 3.14. The fourth-order valence-corrected chi connectivity index (χ4v) is 5.66. The third kappa shape index (κ3) is 3.75. The molecule has 0 amide bonds. The van der Waals surface area contributed by atoms with Crippen LogP contribution in [0.25, 0.3) is 4.91 Å². The Morgan fingerprint density at radius 3 is 2.32 bits per heavy atom. The van der Waals surface area contributed by atoms with Gasteiger partial charge in [0.05, 0.1) is 28.6 Å². The van der Waals surface area contributed by atoms with E-state index in [-0.39, 0.29) is 40.6 Å². The second kappa shape index (κ2) is 6.21. The molecule has 2 rings (SSSR count). The average Bonchev–Trinajstić information content (AvgIpc) is 2.55. The molecule has 1 aliphatic rings. The van der Waals surface area contributed by atoms with Gasteiger partial charge in [0.2, 0.25) is 0 Å². The molecule has 0 fully saturated rings. The van der Waals surface area contributed by atoms with Crippen molar-refractivity contribution in [3.05, 3.63) is 40.8 Å². The van der Waals surface area contributed by atoms with Crippen LogP contribution >= 0.6 is 0 Å². The van der Waals surface area contributed by atoms with E-state index in [9.17, 15) is 21.6 Å². The number of benzene rings is 1. The van der Waals surface area contributed by atoms with Crippen molar-refractivity contribution >= 4 is 30.5 Å². The van der Waals surface area contributed by atoms with Crippen LogP contribution in [0, 0.1) is 0 Å².